The SMILES string of the molecule is CCCN(CC(=O)O)C(C)c1ccc(OC)cc1. The van der Waals surface area contributed by atoms with Gasteiger partial charge in [-0.1, -0.05) is 19.1 Å². The molecule has 1 rings (SSSR count). The molecule has 0 aliphatic carbocycles. The molecule has 0 aliphatic heterocycles. The molecule has 1 unspecified atom stereocenters. The van der Waals surface area contributed by atoms with Gasteiger partial charge >= 0.3 is 5.97 Å². The van der Waals surface area contributed by atoms with E-state index in [0.717, 1.165) is 24.3 Å². The first-order valence-electron chi connectivity index (χ1n) is 6.18. The Bertz CT molecular complexity index is 375. The van der Waals surface area contributed by atoms with Gasteiger partial charge in [0, 0.05) is 6.04 Å². The lowest BCUT2D eigenvalue weighted by Gasteiger charge is -2.27. The highest BCUT2D eigenvalue weighted by molar-refractivity contribution is 5.69. The van der Waals surface area contributed by atoms with Crippen molar-refractivity contribution in [3.8, 4) is 5.75 Å². The summed E-state index contributed by atoms with van der Waals surface area (Å²) in [6, 6.07) is 7.85. The Morgan fingerprint density at radius 1 is 1.39 bits per heavy atom. The van der Waals surface area contributed by atoms with Crippen molar-refractivity contribution in [2.75, 3.05) is 20.2 Å². The van der Waals surface area contributed by atoms with Crippen LogP contribution >= 0.6 is 0 Å². The second-order valence-corrected chi connectivity index (χ2v) is 4.31. The van der Waals surface area contributed by atoms with Crippen molar-refractivity contribution in [1.29, 1.82) is 0 Å². The Balaban J connectivity index is 2.79. The number of carboxylic acids is 1. The lowest BCUT2D eigenvalue weighted by molar-refractivity contribution is -0.138. The Morgan fingerprint density at radius 2 is 2.00 bits per heavy atom. The summed E-state index contributed by atoms with van der Waals surface area (Å²) in [6.45, 7) is 4.93. The van der Waals surface area contributed by atoms with Crippen LogP contribution in [0.1, 0.15) is 31.9 Å². The number of rotatable bonds is 7. The van der Waals surface area contributed by atoms with Crippen LogP contribution in [0.4, 0.5) is 0 Å². The van der Waals surface area contributed by atoms with E-state index in [1.807, 2.05) is 36.1 Å². The smallest absolute Gasteiger partial charge is 0.317 e. The first-order valence-corrected chi connectivity index (χ1v) is 6.18. The fraction of sp³-hybridized carbons (Fsp3) is 0.500. The van der Waals surface area contributed by atoms with Gasteiger partial charge in [0.1, 0.15) is 5.75 Å². The van der Waals surface area contributed by atoms with E-state index < -0.39 is 5.97 Å². The number of hydrogen-bond donors (Lipinski definition) is 1. The fourth-order valence-electron chi connectivity index (χ4n) is 1.96. The molecule has 1 aromatic carbocycles. The van der Waals surface area contributed by atoms with Crippen molar-refractivity contribution >= 4 is 5.97 Å². The van der Waals surface area contributed by atoms with Gasteiger partial charge in [0.2, 0.25) is 0 Å². The minimum Gasteiger partial charge on any atom is -0.497 e. The number of benzene rings is 1. The van der Waals surface area contributed by atoms with E-state index in [1.165, 1.54) is 0 Å². The van der Waals surface area contributed by atoms with Crippen LogP contribution in [-0.4, -0.2) is 36.2 Å². The topological polar surface area (TPSA) is 49.8 Å². The molecule has 1 atom stereocenters. The standard InChI is InChI=1S/C14H21NO3/c1-4-9-15(10-14(16)17)11(2)12-5-7-13(18-3)8-6-12/h5-8,11H,4,9-10H2,1-3H3,(H,16,17). The van der Waals surface area contributed by atoms with E-state index in [1.54, 1.807) is 7.11 Å². The van der Waals surface area contributed by atoms with Crippen LogP contribution in [0, 0.1) is 0 Å². The molecular formula is C14H21NO3. The second kappa shape index (κ2) is 7.01. The van der Waals surface area contributed by atoms with Crippen LogP contribution in [0.5, 0.6) is 5.75 Å². The lowest BCUT2D eigenvalue weighted by Crippen LogP contribution is -2.33. The summed E-state index contributed by atoms with van der Waals surface area (Å²) in [4.78, 5) is 12.8. The highest BCUT2D eigenvalue weighted by Crippen LogP contribution is 2.22. The van der Waals surface area contributed by atoms with E-state index in [-0.39, 0.29) is 12.6 Å². The highest BCUT2D eigenvalue weighted by atomic mass is 16.5. The van der Waals surface area contributed by atoms with Gasteiger partial charge in [-0.05, 0) is 37.6 Å². The average Bonchev–Trinajstić information content (AvgIpc) is 2.37. The zero-order chi connectivity index (χ0) is 13.5. The van der Waals surface area contributed by atoms with Crippen molar-refractivity contribution in [1.82, 2.24) is 4.90 Å². The van der Waals surface area contributed by atoms with Crippen LogP contribution < -0.4 is 4.74 Å². The molecule has 18 heavy (non-hydrogen) atoms. The summed E-state index contributed by atoms with van der Waals surface area (Å²) in [5, 5.41) is 8.93. The first kappa shape index (κ1) is 14.5. The number of ether oxygens (including phenoxy) is 1. The molecule has 0 amide bonds. The van der Waals surface area contributed by atoms with Gasteiger partial charge in [-0.15, -0.1) is 0 Å². The van der Waals surface area contributed by atoms with E-state index in [9.17, 15) is 4.79 Å². The molecule has 0 aromatic heterocycles. The van der Waals surface area contributed by atoms with Crippen molar-refractivity contribution < 1.29 is 14.6 Å². The van der Waals surface area contributed by atoms with Gasteiger partial charge < -0.3 is 9.84 Å². The summed E-state index contributed by atoms with van der Waals surface area (Å²) in [7, 11) is 1.63. The zero-order valence-electron chi connectivity index (χ0n) is 11.2. The van der Waals surface area contributed by atoms with E-state index in [0.29, 0.717) is 0 Å². The van der Waals surface area contributed by atoms with Gasteiger partial charge in [0.05, 0.1) is 13.7 Å². The highest BCUT2D eigenvalue weighted by Gasteiger charge is 2.17. The van der Waals surface area contributed by atoms with Gasteiger partial charge in [0.15, 0.2) is 0 Å². The quantitative estimate of drug-likeness (QED) is 0.809. The largest absolute Gasteiger partial charge is 0.497 e. The molecule has 0 spiro atoms. The van der Waals surface area contributed by atoms with E-state index in [4.69, 9.17) is 9.84 Å². The third-order valence-corrected chi connectivity index (χ3v) is 3.00. The molecule has 1 aromatic rings. The molecule has 0 saturated carbocycles. The third kappa shape index (κ3) is 4.04. The molecular weight excluding hydrogens is 230 g/mol. The summed E-state index contributed by atoms with van der Waals surface area (Å²) in [5.41, 5.74) is 1.10. The zero-order valence-corrected chi connectivity index (χ0v) is 11.2. The molecule has 0 bridgehead atoms. The van der Waals surface area contributed by atoms with Gasteiger partial charge in [-0.25, -0.2) is 0 Å². The van der Waals surface area contributed by atoms with Crippen LogP contribution in [0.15, 0.2) is 24.3 Å². The number of carboxylic acid groups (broad SMARTS) is 1. The molecule has 0 heterocycles. The number of nitrogens with zero attached hydrogens (tertiary/aromatic N) is 1. The Hall–Kier alpha value is -1.55. The third-order valence-electron chi connectivity index (χ3n) is 3.00. The minimum atomic E-state index is -0.788. The van der Waals surface area contributed by atoms with Gasteiger partial charge in [-0.2, -0.15) is 0 Å². The summed E-state index contributed by atoms with van der Waals surface area (Å²) >= 11 is 0. The van der Waals surface area contributed by atoms with Gasteiger partial charge in [0.25, 0.3) is 0 Å². The van der Waals surface area contributed by atoms with Crippen LogP contribution in [0.25, 0.3) is 0 Å². The number of aliphatic carboxylic acids is 1. The first-order chi connectivity index (χ1) is 8.58. The summed E-state index contributed by atoms with van der Waals surface area (Å²) in [5.74, 6) is 0.0232. The maximum atomic E-state index is 10.9. The van der Waals surface area contributed by atoms with Crippen molar-refractivity contribution in [2.24, 2.45) is 0 Å². The van der Waals surface area contributed by atoms with E-state index >= 15 is 0 Å². The predicted octanol–water partition coefficient (Wildman–Crippen LogP) is 2.55. The van der Waals surface area contributed by atoms with Crippen LogP contribution in [0.2, 0.25) is 0 Å². The normalized spacial score (nSPS) is 12.4. The molecule has 100 valence electrons. The Labute approximate surface area is 108 Å². The Kier molecular flexibility index (Phi) is 5.65. The number of methoxy groups -OCH3 is 1. The van der Waals surface area contributed by atoms with Crippen molar-refractivity contribution in [3.63, 3.8) is 0 Å². The number of hydrogen-bond acceptors (Lipinski definition) is 3. The predicted molar refractivity (Wildman–Crippen MR) is 70.9 cm³/mol. The summed E-state index contributed by atoms with van der Waals surface area (Å²) in [6.07, 6.45) is 0.938. The average molecular weight is 251 g/mol. The van der Waals surface area contributed by atoms with Gasteiger partial charge in [-0.3, -0.25) is 9.69 Å². The Morgan fingerprint density at radius 3 is 2.44 bits per heavy atom. The van der Waals surface area contributed by atoms with Crippen molar-refractivity contribution in [3.05, 3.63) is 29.8 Å². The molecule has 0 saturated heterocycles. The summed E-state index contributed by atoms with van der Waals surface area (Å²) < 4.78 is 5.11. The number of carbonyl (C=O) groups is 1. The monoisotopic (exact) mass is 251 g/mol. The molecule has 1 N–H and O–H groups in total. The van der Waals surface area contributed by atoms with Crippen molar-refractivity contribution in [2.45, 2.75) is 26.3 Å². The molecule has 0 aliphatic rings. The second-order valence-electron chi connectivity index (χ2n) is 4.31. The minimum absolute atomic E-state index is 0.0705. The molecule has 4 heteroatoms. The molecule has 0 radical (unpaired) electrons. The fourth-order valence-corrected chi connectivity index (χ4v) is 1.96. The van der Waals surface area contributed by atoms with Crippen LogP contribution in [-0.2, 0) is 4.79 Å². The van der Waals surface area contributed by atoms with Crippen LogP contribution in [0.3, 0.4) is 0 Å². The lowest BCUT2D eigenvalue weighted by atomic mass is 10.1. The maximum absolute atomic E-state index is 10.9. The molecule has 4 nitrogen and oxygen atoms in total. The molecule has 0 fully saturated rings. The maximum Gasteiger partial charge on any atom is 0.317 e. The van der Waals surface area contributed by atoms with E-state index in [2.05, 4.69) is 6.92 Å².